The predicted octanol–water partition coefficient (Wildman–Crippen LogP) is 3.37. The number of nitrogens with one attached hydrogen (secondary N) is 2. The molecule has 11 heteroatoms. The number of rotatable bonds is 8. The van der Waals surface area contributed by atoms with Crippen molar-refractivity contribution in [2.24, 2.45) is 0 Å². The van der Waals surface area contributed by atoms with Crippen LogP contribution in [0.1, 0.15) is 12.5 Å². The van der Waals surface area contributed by atoms with E-state index in [0.29, 0.717) is 11.4 Å². The number of aryl methyl sites for hydroxylation is 1. The molecule has 2 aromatic carbocycles. The van der Waals surface area contributed by atoms with E-state index in [2.05, 4.69) is 27.0 Å². The number of hydrogen-bond donors (Lipinski definition) is 2. The first-order chi connectivity index (χ1) is 16.3. The van der Waals surface area contributed by atoms with Crippen LogP contribution >= 0.6 is 11.3 Å². The second kappa shape index (κ2) is 9.98. The molecule has 0 saturated heterocycles. The number of aromatic nitrogens is 3. The van der Waals surface area contributed by atoms with E-state index < -0.39 is 21.5 Å². The fourth-order valence-electron chi connectivity index (χ4n) is 3.13. The zero-order chi connectivity index (χ0) is 24.1. The summed E-state index contributed by atoms with van der Waals surface area (Å²) in [5.41, 5.74) is 2.59. The Kier molecular flexibility index (Phi) is 6.85. The standard InChI is InChI=1S/C23H21N5O4S2/c1-2-16-3-5-17(6-4-16)20-11-12-22(30)28(26-20)15-21(29)25-18-7-9-19(10-8-18)34(31,32)27-23-24-13-14-33-23/h3-14H,2,15H2,1H3,(H,24,27)(H,25,29). The molecule has 2 heterocycles. The first-order valence-electron chi connectivity index (χ1n) is 10.3. The van der Waals surface area contributed by atoms with E-state index in [1.165, 1.54) is 53.4 Å². The number of thiazole rings is 1. The van der Waals surface area contributed by atoms with Crippen molar-refractivity contribution in [2.75, 3.05) is 10.0 Å². The van der Waals surface area contributed by atoms with Gasteiger partial charge in [-0.2, -0.15) is 5.10 Å². The van der Waals surface area contributed by atoms with Crippen molar-refractivity contribution in [1.82, 2.24) is 14.8 Å². The van der Waals surface area contributed by atoms with Crippen molar-refractivity contribution < 1.29 is 13.2 Å². The first-order valence-corrected chi connectivity index (χ1v) is 12.7. The summed E-state index contributed by atoms with van der Waals surface area (Å²) >= 11 is 1.17. The molecule has 0 aliphatic rings. The van der Waals surface area contributed by atoms with Gasteiger partial charge in [-0.15, -0.1) is 11.3 Å². The van der Waals surface area contributed by atoms with Crippen molar-refractivity contribution in [3.05, 3.63) is 88.2 Å². The maximum Gasteiger partial charge on any atom is 0.267 e. The summed E-state index contributed by atoms with van der Waals surface area (Å²) in [5, 5.41) is 8.89. The average molecular weight is 496 g/mol. The molecule has 0 aliphatic carbocycles. The fraction of sp³-hybridized carbons (Fsp3) is 0.130. The lowest BCUT2D eigenvalue weighted by Crippen LogP contribution is -2.29. The van der Waals surface area contributed by atoms with Crippen LogP contribution in [0.25, 0.3) is 11.3 Å². The molecule has 0 atom stereocenters. The van der Waals surface area contributed by atoms with E-state index in [1.807, 2.05) is 24.3 Å². The van der Waals surface area contributed by atoms with Crippen molar-refractivity contribution >= 4 is 38.1 Å². The Morgan fingerprint density at radius 2 is 1.76 bits per heavy atom. The average Bonchev–Trinajstić information content (AvgIpc) is 3.33. The minimum Gasteiger partial charge on any atom is -0.324 e. The van der Waals surface area contributed by atoms with Gasteiger partial charge < -0.3 is 5.32 Å². The van der Waals surface area contributed by atoms with Crippen LogP contribution in [0.15, 0.2) is 81.9 Å². The Morgan fingerprint density at radius 3 is 2.41 bits per heavy atom. The van der Waals surface area contributed by atoms with Gasteiger partial charge in [-0.05, 0) is 42.3 Å². The van der Waals surface area contributed by atoms with Crippen molar-refractivity contribution in [3.63, 3.8) is 0 Å². The quantitative estimate of drug-likeness (QED) is 0.386. The number of carbonyl (C=O) groups excluding carboxylic acids is 1. The van der Waals surface area contributed by atoms with E-state index in [0.717, 1.165) is 16.7 Å². The lowest BCUT2D eigenvalue weighted by molar-refractivity contribution is -0.117. The number of benzene rings is 2. The summed E-state index contributed by atoms with van der Waals surface area (Å²) < 4.78 is 28.3. The molecular formula is C23H21N5O4S2. The predicted molar refractivity (Wildman–Crippen MR) is 131 cm³/mol. The van der Waals surface area contributed by atoms with Crippen molar-refractivity contribution in [1.29, 1.82) is 0 Å². The third kappa shape index (κ3) is 5.56. The molecule has 2 N–H and O–H groups in total. The van der Waals surface area contributed by atoms with Gasteiger partial charge in [0.15, 0.2) is 5.13 Å². The van der Waals surface area contributed by atoms with E-state index in [4.69, 9.17) is 0 Å². The minimum atomic E-state index is -3.79. The van der Waals surface area contributed by atoms with E-state index in [9.17, 15) is 18.0 Å². The number of anilines is 2. The molecule has 0 unspecified atom stereocenters. The van der Waals surface area contributed by atoms with Crippen LogP contribution in [0.3, 0.4) is 0 Å². The molecule has 4 rings (SSSR count). The van der Waals surface area contributed by atoms with Crippen LogP contribution < -0.4 is 15.6 Å². The van der Waals surface area contributed by atoms with Gasteiger partial charge in [0, 0.05) is 28.9 Å². The SMILES string of the molecule is CCc1ccc(-c2ccc(=O)n(CC(=O)Nc3ccc(S(=O)(=O)Nc4nccs4)cc3)n2)cc1. The highest BCUT2D eigenvalue weighted by Gasteiger charge is 2.16. The van der Waals surface area contributed by atoms with Crippen LogP contribution in [-0.4, -0.2) is 29.1 Å². The van der Waals surface area contributed by atoms with Gasteiger partial charge in [0.1, 0.15) is 6.54 Å². The largest absolute Gasteiger partial charge is 0.324 e. The Balaban J connectivity index is 1.44. The molecule has 0 bridgehead atoms. The summed E-state index contributed by atoms with van der Waals surface area (Å²) in [7, 11) is -3.79. The van der Waals surface area contributed by atoms with Crippen LogP contribution in [-0.2, 0) is 27.8 Å². The van der Waals surface area contributed by atoms with Gasteiger partial charge in [0.2, 0.25) is 5.91 Å². The number of nitrogens with zero attached hydrogens (tertiary/aromatic N) is 3. The van der Waals surface area contributed by atoms with Gasteiger partial charge >= 0.3 is 0 Å². The summed E-state index contributed by atoms with van der Waals surface area (Å²) in [5.74, 6) is -0.468. The van der Waals surface area contributed by atoms with Gasteiger partial charge in [-0.3, -0.25) is 14.3 Å². The Bertz CT molecular complexity index is 1450. The molecule has 0 saturated carbocycles. The molecule has 9 nitrogen and oxygen atoms in total. The van der Waals surface area contributed by atoms with Gasteiger partial charge in [-0.1, -0.05) is 31.2 Å². The van der Waals surface area contributed by atoms with E-state index in [1.54, 1.807) is 11.4 Å². The van der Waals surface area contributed by atoms with E-state index >= 15 is 0 Å². The van der Waals surface area contributed by atoms with Crippen LogP contribution in [0.2, 0.25) is 0 Å². The first kappa shape index (κ1) is 23.3. The lowest BCUT2D eigenvalue weighted by Gasteiger charge is -2.10. The number of hydrogen-bond acceptors (Lipinski definition) is 7. The molecule has 4 aromatic rings. The van der Waals surface area contributed by atoms with Crippen LogP contribution in [0.5, 0.6) is 0 Å². The third-order valence-corrected chi connectivity index (χ3v) is 7.09. The topological polar surface area (TPSA) is 123 Å². The molecule has 0 fully saturated rings. The third-order valence-electron chi connectivity index (χ3n) is 4.92. The van der Waals surface area contributed by atoms with Crippen LogP contribution in [0, 0.1) is 0 Å². The molecule has 0 radical (unpaired) electrons. The van der Waals surface area contributed by atoms with Crippen molar-refractivity contribution in [2.45, 2.75) is 24.8 Å². The molecule has 2 aromatic heterocycles. The fourth-order valence-corrected chi connectivity index (χ4v) is 4.92. The zero-order valence-electron chi connectivity index (χ0n) is 18.1. The second-order valence-corrected chi connectivity index (χ2v) is 9.86. The van der Waals surface area contributed by atoms with E-state index in [-0.39, 0.29) is 16.6 Å². The summed E-state index contributed by atoms with van der Waals surface area (Å²) in [4.78, 5) is 28.7. The second-order valence-electron chi connectivity index (χ2n) is 7.28. The highest BCUT2D eigenvalue weighted by molar-refractivity contribution is 7.93. The minimum absolute atomic E-state index is 0.0281. The smallest absolute Gasteiger partial charge is 0.267 e. The van der Waals surface area contributed by atoms with Crippen molar-refractivity contribution in [3.8, 4) is 11.3 Å². The monoisotopic (exact) mass is 495 g/mol. The molecule has 1 amide bonds. The molecule has 174 valence electrons. The molecular weight excluding hydrogens is 474 g/mol. The van der Waals surface area contributed by atoms with Crippen LogP contribution in [0.4, 0.5) is 10.8 Å². The molecule has 0 aliphatic heterocycles. The Morgan fingerprint density at radius 1 is 1.03 bits per heavy atom. The van der Waals surface area contributed by atoms with Gasteiger partial charge in [0.25, 0.3) is 15.6 Å². The summed E-state index contributed by atoms with van der Waals surface area (Å²) in [6.45, 7) is 1.78. The lowest BCUT2D eigenvalue weighted by atomic mass is 10.1. The Hall–Kier alpha value is -3.83. The summed E-state index contributed by atoms with van der Waals surface area (Å²) in [6.07, 6.45) is 2.42. The zero-order valence-corrected chi connectivity index (χ0v) is 19.8. The number of carbonyl (C=O) groups is 1. The molecule has 34 heavy (non-hydrogen) atoms. The number of amides is 1. The summed E-state index contributed by atoms with van der Waals surface area (Å²) in [6, 6.07) is 16.5. The number of sulfonamides is 1. The maximum atomic E-state index is 12.5. The van der Waals surface area contributed by atoms with Gasteiger partial charge in [0.05, 0.1) is 10.6 Å². The maximum absolute atomic E-state index is 12.5. The molecule has 0 spiro atoms. The normalized spacial score (nSPS) is 11.2. The Labute approximate surface area is 200 Å². The highest BCUT2D eigenvalue weighted by Crippen LogP contribution is 2.20. The van der Waals surface area contributed by atoms with Gasteiger partial charge in [-0.25, -0.2) is 18.1 Å². The highest BCUT2D eigenvalue weighted by atomic mass is 32.2.